The number of amides is 2. The highest BCUT2D eigenvalue weighted by molar-refractivity contribution is 6.31. The number of ether oxygens (including phenoxy) is 2. The fourth-order valence-corrected chi connectivity index (χ4v) is 2.10. The lowest BCUT2D eigenvalue weighted by atomic mass is 10.2. The van der Waals surface area contributed by atoms with Crippen LogP contribution in [0.25, 0.3) is 0 Å². The van der Waals surface area contributed by atoms with Crippen LogP contribution < -0.4 is 20.1 Å². The van der Waals surface area contributed by atoms with Crippen LogP contribution in [0.2, 0.25) is 5.02 Å². The number of nitrogens with one attached hydrogen (secondary N) is 2. The molecule has 0 saturated heterocycles. The zero-order chi connectivity index (χ0) is 15.9. The highest BCUT2D eigenvalue weighted by Gasteiger charge is 2.09. The van der Waals surface area contributed by atoms with Gasteiger partial charge in [-0.15, -0.1) is 0 Å². The molecule has 0 aliphatic carbocycles. The van der Waals surface area contributed by atoms with E-state index < -0.39 is 0 Å². The molecular weight excluding hydrogens is 304 g/mol. The van der Waals surface area contributed by atoms with E-state index in [1.807, 2.05) is 18.2 Å². The van der Waals surface area contributed by atoms with E-state index in [2.05, 4.69) is 10.6 Å². The van der Waals surface area contributed by atoms with Crippen LogP contribution in [0.1, 0.15) is 5.56 Å². The maximum absolute atomic E-state index is 12.0. The molecule has 22 heavy (non-hydrogen) atoms. The van der Waals surface area contributed by atoms with Gasteiger partial charge in [0, 0.05) is 17.6 Å². The minimum absolute atomic E-state index is 0.331. The Labute approximate surface area is 134 Å². The molecule has 0 atom stereocenters. The van der Waals surface area contributed by atoms with Crippen molar-refractivity contribution in [2.45, 2.75) is 6.54 Å². The molecule has 2 aromatic rings. The topological polar surface area (TPSA) is 59.6 Å². The lowest BCUT2D eigenvalue weighted by Crippen LogP contribution is -2.28. The van der Waals surface area contributed by atoms with Crippen molar-refractivity contribution in [3.8, 4) is 11.5 Å². The average molecular weight is 321 g/mol. The summed E-state index contributed by atoms with van der Waals surface area (Å²) in [4.78, 5) is 12.0. The molecule has 2 N–H and O–H groups in total. The summed E-state index contributed by atoms with van der Waals surface area (Å²) >= 11 is 6.05. The SMILES string of the molecule is COc1ccc(OC)c(NC(=O)NCc2ccccc2Cl)c1. The number of rotatable bonds is 5. The lowest BCUT2D eigenvalue weighted by Gasteiger charge is -2.13. The quantitative estimate of drug-likeness (QED) is 0.883. The minimum Gasteiger partial charge on any atom is -0.497 e. The van der Waals surface area contributed by atoms with Crippen molar-refractivity contribution in [2.75, 3.05) is 19.5 Å². The zero-order valence-corrected chi connectivity index (χ0v) is 13.1. The summed E-state index contributed by atoms with van der Waals surface area (Å²) in [6.07, 6.45) is 0. The number of halogens is 1. The van der Waals surface area contributed by atoms with E-state index in [9.17, 15) is 4.79 Å². The number of urea groups is 1. The molecule has 0 unspecified atom stereocenters. The first-order chi connectivity index (χ1) is 10.6. The van der Waals surface area contributed by atoms with E-state index in [0.29, 0.717) is 28.8 Å². The van der Waals surface area contributed by atoms with E-state index in [-0.39, 0.29) is 6.03 Å². The Morgan fingerprint density at radius 1 is 1.14 bits per heavy atom. The van der Waals surface area contributed by atoms with Crippen molar-refractivity contribution in [3.63, 3.8) is 0 Å². The van der Waals surface area contributed by atoms with Crippen molar-refractivity contribution in [1.29, 1.82) is 0 Å². The fraction of sp³-hybridized carbons (Fsp3) is 0.188. The molecule has 2 aromatic carbocycles. The first kappa shape index (κ1) is 16.0. The van der Waals surface area contributed by atoms with Gasteiger partial charge in [0.05, 0.1) is 19.9 Å². The average Bonchev–Trinajstić information content (AvgIpc) is 2.54. The zero-order valence-electron chi connectivity index (χ0n) is 12.4. The molecule has 0 radical (unpaired) electrons. The lowest BCUT2D eigenvalue weighted by molar-refractivity contribution is 0.251. The number of hydrogen-bond donors (Lipinski definition) is 2. The Hall–Kier alpha value is -2.40. The maximum atomic E-state index is 12.0. The van der Waals surface area contributed by atoms with Crippen LogP contribution in [0.3, 0.4) is 0 Å². The summed E-state index contributed by atoms with van der Waals surface area (Å²) in [6, 6.07) is 12.2. The Morgan fingerprint density at radius 2 is 1.91 bits per heavy atom. The van der Waals surface area contributed by atoms with Gasteiger partial charge in [0.1, 0.15) is 11.5 Å². The Kier molecular flexibility index (Phi) is 5.49. The first-order valence-corrected chi connectivity index (χ1v) is 7.02. The smallest absolute Gasteiger partial charge is 0.319 e. The normalized spacial score (nSPS) is 9.95. The van der Waals surface area contributed by atoms with Gasteiger partial charge in [0.25, 0.3) is 0 Å². The maximum Gasteiger partial charge on any atom is 0.319 e. The number of carbonyl (C=O) groups is 1. The summed E-state index contributed by atoms with van der Waals surface area (Å²) in [5.41, 5.74) is 1.37. The molecule has 0 bridgehead atoms. The monoisotopic (exact) mass is 320 g/mol. The van der Waals surface area contributed by atoms with E-state index in [0.717, 1.165) is 5.56 Å². The number of carbonyl (C=O) groups excluding carboxylic acids is 1. The van der Waals surface area contributed by atoms with Gasteiger partial charge in [-0.1, -0.05) is 29.8 Å². The van der Waals surface area contributed by atoms with Crippen molar-refractivity contribution < 1.29 is 14.3 Å². The second-order valence-electron chi connectivity index (χ2n) is 4.47. The Bertz CT molecular complexity index is 662. The van der Waals surface area contributed by atoms with Gasteiger partial charge >= 0.3 is 6.03 Å². The molecule has 0 heterocycles. The van der Waals surface area contributed by atoms with Crippen molar-refractivity contribution in [2.24, 2.45) is 0 Å². The van der Waals surface area contributed by atoms with Gasteiger partial charge in [-0.3, -0.25) is 0 Å². The molecule has 0 spiro atoms. The van der Waals surface area contributed by atoms with Crippen molar-refractivity contribution in [3.05, 3.63) is 53.1 Å². The standard InChI is InChI=1S/C16H17ClN2O3/c1-21-12-7-8-15(22-2)14(9-12)19-16(20)18-10-11-5-3-4-6-13(11)17/h3-9H,10H2,1-2H3,(H2,18,19,20). The van der Waals surface area contributed by atoms with E-state index in [1.54, 1.807) is 31.4 Å². The van der Waals surface area contributed by atoms with Gasteiger partial charge in [-0.25, -0.2) is 4.79 Å². The van der Waals surface area contributed by atoms with Crippen LogP contribution in [-0.4, -0.2) is 20.3 Å². The Balaban J connectivity index is 2.01. The Morgan fingerprint density at radius 3 is 2.59 bits per heavy atom. The van der Waals surface area contributed by atoms with E-state index in [4.69, 9.17) is 21.1 Å². The number of anilines is 1. The predicted octanol–water partition coefficient (Wildman–Crippen LogP) is 3.68. The van der Waals surface area contributed by atoms with Gasteiger partial charge in [-0.05, 0) is 23.8 Å². The van der Waals surface area contributed by atoms with Gasteiger partial charge in [-0.2, -0.15) is 0 Å². The summed E-state index contributed by atoms with van der Waals surface area (Å²) in [6.45, 7) is 0.331. The molecule has 0 aliphatic heterocycles. The molecule has 5 nitrogen and oxygen atoms in total. The molecule has 2 rings (SSSR count). The molecule has 0 aliphatic rings. The molecule has 0 saturated carbocycles. The van der Waals surface area contributed by atoms with E-state index >= 15 is 0 Å². The third-order valence-electron chi connectivity index (χ3n) is 3.05. The highest BCUT2D eigenvalue weighted by Crippen LogP contribution is 2.28. The molecule has 0 fully saturated rings. The van der Waals surface area contributed by atoms with Crippen LogP contribution in [-0.2, 0) is 6.54 Å². The van der Waals surface area contributed by atoms with Crippen LogP contribution in [0.5, 0.6) is 11.5 Å². The molecule has 0 aromatic heterocycles. The summed E-state index contributed by atoms with van der Waals surface area (Å²) < 4.78 is 10.3. The van der Waals surface area contributed by atoms with Gasteiger partial charge in [0.2, 0.25) is 0 Å². The summed E-state index contributed by atoms with van der Waals surface area (Å²) in [7, 11) is 3.09. The largest absolute Gasteiger partial charge is 0.497 e. The fourth-order valence-electron chi connectivity index (χ4n) is 1.90. The predicted molar refractivity (Wildman–Crippen MR) is 86.9 cm³/mol. The third kappa shape index (κ3) is 4.05. The summed E-state index contributed by atoms with van der Waals surface area (Å²) in [5, 5.41) is 6.09. The van der Waals surface area contributed by atoms with E-state index in [1.165, 1.54) is 7.11 Å². The third-order valence-corrected chi connectivity index (χ3v) is 3.42. The minimum atomic E-state index is -0.355. The molecule has 116 valence electrons. The summed E-state index contributed by atoms with van der Waals surface area (Å²) in [5.74, 6) is 1.18. The highest BCUT2D eigenvalue weighted by atomic mass is 35.5. The second kappa shape index (κ2) is 7.56. The molecule has 2 amide bonds. The van der Waals surface area contributed by atoms with Crippen molar-refractivity contribution in [1.82, 2.24) is 5.32 Å². The molecular formula is C16H17ClN2O3. The van der Waals surface area contributed by atoms with Gasteiger partial charge in [0.15, 0.2) is 0 Å². The van der Waals surface area contributed by atoms with Crippen molar-refractivity contribution >= 4 is 23.3 Å². The van der Waals surface area contributed by atoms with Crippen LogP contribution >= 0.6 is 11.6 Å². The second-order valence-corrected chi connectivity index (χ2v) is 4.87. The number of benzene rings is 2. The van der Waals surface area contributed by atoms with Crippen LogP contribution in [0.15, 0.2) is 42.5 Å². The number of hydrogen-bond acceptors (Lipinski definition) is 3. The number of methoxy groups -OCH3 is 2. The van der Waals surface area contributed by atoms with Gasteiger partial charge < -0.3 is 20.1 Å². The first-order valence-electron chi connectivity index (χ1n) is 6.64. The van der Waals surface area contributed by atoms with Crippen LogP contribution in [0.4, 0.5) is 10.5 Å². The molecule has 6 heteroatoms. The van der Waals surface area contributed by atoms with Crippen LogP contribution in [0, 0.1) is 0 Å².